The summed E-state index contributed by atoms with van der Waals surface area (Å²) >= 11 is 0. The average molecular weight is 502 g/mol. The van der Waals surface area contributed by atoms with E-state index in [0.717, 1.165) is 23.2 Å². The number of rotatable bonds is 5. The predicted octanol–water partition coefficient (Wildman–Crippen LogP) is 4.24. The number of nitrogens with one attached hydrogen (secondary N) is 2. The summed E-state index contributed by atoms with van der Waals surface area (Å²) in [6.07, 6.45) is 7.80. The van der Waals surface area contributed by atoms with Gasteiger partial charge in [-0.1, -0.05) is 13.3 Å². The lowest BCUT2D eigenvalue weighted by Crippen LogP contribution is -2.20. The number of anilines is 3. The minimum Gasteiger partial charge on any atom is -0.474 e. The van der Waals surface area contributed by atoms with Gasteiger partial charge in [0.2, 0.25) is 11.8 Å². The maximum Gasteiger partial charge on any atom is 0.237 e. The monoisotopic (exact) mass is 501 g/mol. The summed E-state index contributed by atoms with van der Waals surface area (Å²) in [4.78, 5) is 21.9. The van der Waals surface area contributed by atoms with Gasteiger partial charge in [-0.05, 0) is 41.5 Å². The summed E-state index contributed by atoms with van der Waals surface area (Å²) < 4.78 is 22.8. The van der Waals surface area contributed by atoms with E-state index in [1.165, 1.54) is 6.20 Å². The fraction of sp³-hybridized carbons (Fsp3) is 0.333. The molecule has 2 aliphatic rings. The summed E-state index contributed by atoms with van der Waals surface area (Å²) in [7, 11) is 1.87. The van der Waals surface area contributed by atoms with Crippen molar-refractivity contribution in [2.45, 2.75) is 26.2 Å². The molecule has 1 amide bonds. The Morgan fingerprint density at radius 3 is 2.86 bits per heavy atom. The molecule has 4 aromatic rings. The average Bonchev–Trinajstić information content (AvgIpc) is 3.49. The zero-order valence-corrected chi connectivity index (χ0v) is 20.9. The van der Waals surface area contributed by atoms with Crippen LogP contribution in [0.5, 0.6) is 5.88 Å². The van der Waals surface area contributed by atoms with Gasteiger partial charge >= 0.3 is 0 Å². The molecule has 3 unspecified atom stereocenters. The zero-order chi connectivity index (χ0) is 25.8. The normalized spacial score (nSPS) is 20.2. The molecule has 3 atom stereocenters. The number of halogens is 1. The first kappa shape index (κ1) is 23.2. The number of nitrogen functional groups attached to an aromatic ring is 1. The van der Waals surface area contributed by atoms with Crippen LogP contribution in [0.25, 0.3) is 21.9 Å². The van der Waals surface area contributed by atoms with Crippen LogP contribution in [-0.2, 0) is 11.8 Å². The second-order valence-corrected chi connectivity index (χ2v) is 9.75. The number of carbonyl (C=O) groups excluding carboxylic acids is 1. The van der Waals surface area contributed by atoms with Crippen LogP contribution in [0.15, 0.2) is 36.9 Å². The molecule has 1 aliphatic carbocycles. The van der Waals surface area contributed by atoms with Gasteiger partial charge in [-0.2, -0.15) is 5.10 Å². The van der Waals surface area contributed by atoms with E-state index in [4.69, 9.17) is 10.5 Å². The van der Waals surface area contributed by atoms with E-state index in [2.05, 4.69) is 32.6 Å². The second-order valence-electron chi connectivity index (χ2n) is 9.75. The highest BCUT2D eigenvalue weighted by Gasteiger charge is 2.54. The number of ether oxygens (including phenoxy) is 1. The summed E-state index contributed by atoms with van der Waals surface area (Å²) in [5, 5.41) is 11.6. The highest BCUT2D eigenvalue weighted by molar-refractivity contribution is 6.01. The molecule has 1 saturated carbocycles. The third-order valence-electron chi connectivity index (χ3n) is 7.54. The van der Waals surface area contributed by atoms with E-state index in [1.807, 2.05) is 26.4 Å². The van der Waals surface area contributed by atoms with E-state index < -0.39 is 5.82 Å². The molecule has 0 saturated heterocycles. The standard InChI is InChI=1S/C27H28FN7O2/c1-4-16-21(15-9-33-35(3)12-15)22(16)26(36)34-20-8-14-7-17(23(28)24(29)19(14)11-31-20)18-10-32-27-25(13(18)2)30-5-6-37-27/h7-12,16,21-22,30H,4-6,29H2,1-3H3,(H,31,34,36). The van der Waals surface area contributed by atoms with Gasteiger partial charge in [-0.25, -0.2) is 14.4 Å². The van der Waals surface area contributed by atoms with Crippen LogP contribution in [0, 0.1) is 24.6 Å². The first-order valence-electron chi connectivity index (χ1n) is 12.4. The van der Waals surface area contributed by atoms with Crippen molar-refractivity contribution < 1.29 is 13.9 Å². The summed E-state index contributed by atoms with van der Waals surface area (Å²) in [6.45, 7) is 5.17. The molecule has 0 radical (unpaired) electrons. The molecule has 4 heterocycles. The molecule has 37 heavy (non-hydrogen) atoms. The number of aryl methyl sites for hydroxylation is 1. The number of amides is 1. The molecule has 3 aromatic heterocycles. The Bertz CT molecular complexity index is 1550. The van der Waals surface area contributed by atoms with Gasteiger partial charge < -0.3 is 21.1 Å². The first-order valence-corrected chi connectivity index (χ1v) is 12.4. The number of benzene rings is 1. The second kappa shape index (κ2) is 8.72. The van der Waals surface area contributed by atoms with Crippen molar-refractivity contribution in [1.82, 2.24) is 19.7 Å². The fourth-order valence-electron chi connectivity index (χ4n) is 5.57. The smallest absolute Gasteiger partial charge is 0.237 e. The third-order valence-corrected chi connectivity index (χ3v) is 7.54. The van der Waals surface area contributed by atoms with Crippen LogP contribution in [0.4, 0.5) is 21.6 Å². The highest BCUT2D eigenvalue weighted by atomic mass is 19.1. The number of aromatic nitrogens is 4. The topological polar surface area (TPSA) is 120 Å². The SMILES string of the molecule is CCC1C(C(=O)Nc2cc3cc(-c4cnc5c(c4C)NCCO5)c(F)c(N)c3cn2)C1c1cnn(C)c1. The van der Waals surface area contributed by atoms with E-state index in [9.17, 15) is 4.79 Å². The minimum atomic E-state index is -0.532. The molecule has 0 spiro atoms. The maximum absolute atomic E-state index is 15.4. The quantitative estimate of drug-likeness (QED) is 0.350. The molecule has 10 heteroatoms. The predicted molar refractivity (Wildman–Crippen MR) is 140 cm³/mol. The fourth-order valence-corrected chi connectivity index (χ4v) is 5.57. The zero-order valence-electron chi connectivity index (χ0n) is 20.9. The Kier molecular flexibility index (Phi) is 5.47. The Morgan fingerprint density at radius 1 is 1.27 bits per heavy atom. The van der Waals surface area contributed by atoms with Gasteiger partial charge in [0.05, 0.1) is 11.9 Å². The van der Waals surface area contributed by atoms with Gasteiger partial charge in [-0.15, -0.1) is 0 Å². The van der Waals surface area contributed by atoms with Crippen LogP contribution in [0.3, 0.4) is 0 Å². The van der Waals surface area contributed by atoms with Crippen molar-refractivity contribution in [3.05, 3.63) is 53.9 Å². The number of carbonyl (C=O) groups is 1. The summed E-state index contributed by atoms with van der Waals surface area (Å²) in [5.41, 5.74) is 9.81. The third kappa shape index (κ3) is 3.83. The van der Waals surface area contributed by atoms with Crippen LogP contribution in [-0.4, -0.2) is 38.8 Å². The molecular formula is C27H28FN7O2. The van der Waals surface area contributed by atoms with E-state index in [1.54, 1.807) is 23.0 Å². The summed E-state index contributed by atoms with van der Waals surface area (Å²) in [5.74, 6) is 0.562. The minimum absolute atomic E-state index is 0.00379. The number of nitrogens with two attached hydrogens (primary N) is 1. The van der Waals surface area contributed by atoms with Gasteiger partial charge in [0.25, 0.3) is 0 Å². The van der Waals surface area contributed by atoms with Crippen molar-refractivity contribution in [1.29, 1.82) is 0 Å². The number of fused-ring (bicyclic) bond motifs is 2. The molecule has 1 aliphatic heterocycles. The molecule has 190 valence electrons. The number of nitrogens with zero attached hydrogens (tertiary/aromatic N) is 4. The molecule has 1 aromatic carbocycles. The van der Waals surface area contributed by atoms with Gasteiger partial charge in [0.1, 0.15) is 18.1 Å². The van der Waals surface area contributed by atoms with Crippen molar-refractivity contribution >= 4 is 33.9 Å². The van der Waals surface area contributed by atoms with Crippen LogP contribution < -0.4 is 21.1 Å². The lowest BCUT2D eigenvalue weighted by molar-refractivity contribution is -0.117. The Hall–Kier alpha value is -4.21. The van der Waals surface area contributed by atoms with Crippen molar-refractivity contribution in [3.8, 4) is 17.0 Å². The van der Waals surface area contributed by atoms with Gasteiger partial charge in [0.15, 0.2) is 5.82 Å². The van der Waals surface area contributed by atoms with Crippen LogP contribution in [0.1, 0.15) is 30.4 Å². The van der Waals surface area contributed by atoms with E-state index in [-0.39, 0.29) is 29.3 Å². The van der Waals surface area contributed by atoms with Crippen molar-refractivity contribution in [2.24, 2.45) is 18.9 Å². The summed E-state index contributed by atoms with van der Waals surface area (Å²) in [6, 6.07) is 3.46. The molecular weight excluding hydrogens is 473 g/mol. The molecule has 9 nitrogen and oxygen atoms in total. The van der Waals surface area contributed by atoms with E-state index >= 15 is 4.39 Å². The van der Waals surface area contributed by atoms with Crippen molar-refractivity contribution in [3.63, 3.8) is 0 Å². The lowest BCUT2D eigenvalue weighted by Gasteiger charge is -2.22. The van der Waals surface area contributed by atoms with Crippen LogP contribution >= 0.6 is 0 Å². The highest BCUT2D eigenvalue weighted by Crippen LogP contribution is 2.56. The Balaban J connectivity index is 1.32. The van der Waals surface area contributed by atoms with E-state index in [0.29, 0.717) is 46.7 Å². The Labute approximate surface area is 213 Å². The maximum atomic E-state index is 15.4. The first-order chi connectivity index (χ1) is 17.9. The number of hydrogen-bond donors (Lipinski definition) is 3. The Morgan fingerprint density at radius 2 is 2.11 bits per heavy atom. The van der Waals surface area contributed by atoms with Gasteiger partial charge in [-0.3, -0.25) is 9.48 Å². The lowest BCUT2D eigenvalue weighted by atomic mass is 9.97. The van der Waals surface area contributed by atoms with Crippen LogP contribution in [0.2, 0.25) is 0 Å². The number of pyridine rings is 2. The molecule has 1 fully saturated rings. The molecule has 4 N–H and O–H groups in total. The molecule has 0 bridgehead atoms. The molecule has 6 rings (SSSR count). The van der Waals surface area contributed by atoms with Crippen molar-refractivity contribution in [2.75, 3.05) is 29.5 Å². The van der Waals surface area contributed by atoms with Gasteiger partial charge in [0, 0.05) is 60.5 Å². The number of hydrogen-bond acceptors (Lipinski definition) is 7. The largest absolute Gasteiger partial charge is 0.474 e.